The van der Waals surface area contributed by atoms with Crippen LogP contribution in [0.1, 0.15) is 0 Å². The van der Waals surface area contributed by atoms with Gasteiger partial charge in [-0.2, -0.15) is 0 Å². The quantitative estimate of drug-likeness (QED) is 0.144. The molecule has 0 saturated heterocycles. The number of rotatable bonds is 0. The second-order valence-corrected chi connectivity index (χ2v) is 1.68. The van der Waals surface area contributed by atoms with Crippen molar-refractivity contribution >= 4 is 16.4 Å². The first kappa shape index (κ1) is 11.1. The Morgan fingerprint density at radius 2 is 1.56 bits per heavy atom. The Bertz CT molecular complexity index is 158. The summed E-state index contributed by atoms with van der Waals surface area (Å²) in [5, 5.41) is 6.06. The smallest absolute Gasteiger partial charge is 0.337 e. The lowest BCUT2D eigenvalue weighted by Crippen LogP contribution is -2.61. The molecule has 0 aromatic heterocycles. The van der Waals surface area contributed by atoms with Gasteiger partial charge >= 0.3 is 5.96 Å². The van der Waals surface area contributed by atoms with E-state index >= 15 is 0 Å². The van der Waals surface area contributed by atoms with Crippen LogP contribution < -0.4 is 11.5 Å². The van der Waals surface area contributed by atoms with Gasteiger partial charge in [0.15, 0.2) is 0 Å². The molecule has 0 bridgehead atoms. The maximum atomic E-state index is 8.52. The molecule has 0 rings (SSSR count). The second kappa shape index (κ2) is 4.21. The Labute approximate surface area is 51.7 Å². The standard InChI is InChI=1S/CH5N3.H2O4S/c2-1(3)4;1-5(2,3)4/h2H2,(H3,3,4);(H2,1,2,3,4)/q+1;/p-2. The van der Waals surface area contributed by atoms with Crippen LogP contribution in [-0.4, -0.2) is 23.5 Å². The third-order valence-electron chi connectivity index (χ3n) is 0. The van der Waals surface area contributed by atoms with Crippen LogP contribution in [0.3, 0.4) is 0 Å². The van der Waals surface area contributed by atoms with E-state index in [0.717, 1.165) is 0 Å². The van der Waals surface area contributed by atoms with Gasteiger partial charge in [-0.15, -0.1) is 5.73 Å². The molecule has 0 aliphatic carbocycles. The highest BCUT2D eigenvalue weighted by atomic mass is 32.3. The minimum absolute atomic E-state index is 0.333. The number of nitrogens with two attached hydrogens (primary N) is 2. The van der Waals surface area contributed by atoms with E-state index in [4.69, 9.17) is 22.9 Å². The lowest BCUT2D eigenvalue weighted by Gasteiger charge is -2.06. The zero-order valence-corrected chi connectivity index (χ0v) is 5.01. The van der Waals surface area contributed by atoms with Crippen molar-refractivity contribution in [1.29, 1.82) is 5.41 Å². The van der Waals surface area contributed by atoms with Crippen LogP contribution in [0, 0.1) is 5.41 Å². The first-order valence-corrected chi connectivity index (χ1v) is 2.83. The predicted molar refractivity (Wildman–Crippen MR) is 24.3 cm³/mol. The van der Waals surface area contributed by atoms with E-state index in [9.17, 15) is 0 Å². The predicted octanol–water partition coefficient (Wildman–Crippen LogP) is -3.43. The van der Waals surface area contributed by atoms with Gasteiger partial charge in [0.25, 0.3) is 0 Å². The van der Waals surface area contributed by atoms with Crippen LogP contribution in [-0.2, 0) is 10.4 Å². The normalized spacial score (nSPS) is 9.22. The third kappa shape index (κ3) is 418. The van der Waals surface area contributed by atoms with Gasteiger partial charge < -0.3 is 14.8 Å². The van der Waals surface area contributed by atoms with Crippen molar-refractivity contribution in [2.45, 2.75) is 0 Å². The number of guanidine groups is 1. The van der Waals surface area contributed by atoms with E-state index in [1.807, 2.05) is 0 Å². The van der Waals surface area contributed by atoms with E-state index in [0.29, 0.717) is 0 Å². The van der Waals surface area contributed by atoms with Crippen molar-refractivity contribution in [3.63, 3.8) is 0 Å². The van der Waals surface area contributed by atoms with Crippen LogP contribution >= 0.6 is 0 Å². The molecule has 5 N–H and O–H groups in total. The molecular weight excluding hydrogens is 150 g/mol. The highest BCUT2D eigenvalue weighted by Crippen LogP contribution is 1.57. The molecule has 0 fully saturated rings. The largest absolute Gasteiger partial charge is 0.759 e. The Hall–Kier alpha value is -0.700. The fraction of sp³-hybridized carbons (Fsp3) is 0. The maximum Gasteiger partial charge on any atom is 0.337 e. The Balaban J connectivity index is 0. The summed E-state index contributed by atoms with van der Waals surface area (Å²) in [6, 6.07) is 0. The van der Waals surface area contributed by atoms with E-state index in [2.05, 4.69) is 11.5 Å². The monoisotopic (exact) mass is 155 g/mol. The van der Waals surface area contributed by atoms with Crippen molar-refractivity contribution in [3.8, 4) is 0 Å². The average Bonchev–Trinajstić information content (AvgIpc) is 1.19. The van der Waals surface area contributed by atoms with Gasteiger partial charge in [0, 0.05) is 10.4 Å². The van der Waals surface area contributed by atoms with E-state index < -0.39 is 10.4 Å². The summed E-state index contributed by atoms with van der Waals surface area (Å²) in [5.74, 6) is -0.333. The molecule has 9 heavy (non-hydrogen) atoms. The zero-order chi connectivity index (χ0) is 8.08. The third-order valence-corrected chi connectivity index (χ3v) is 0. The van der Waals surface area contributed by atoms with Crippen LogP contribution in [0.15, 0.2) is 0 Å². The summed E-state index contributed by atoms with van der Waals surface area (Å²) < 4.78 is 34.1. The summed E-state index contributed by atoms with van der Waals surface area (Å²) in [7, 11) is -5.17. The van der Waals surface area contributed by atoms with Gasteiger partial charge in [0.2, 0.25) is 0 Å². The van der Waals surface area contributed by atoms with Crippen molar-refractivity contribution < 1.29 is 23.3 Å². The molecule has 0 aromatic carbocycles. The highest BCUT2D eigenvalue weighted by Gasteiger charge is 1.66. The summed E-state index contributed by atoms with van der Waals surface area (Å²) in [4.78, 5) is 0. The molecule has 7 nitrogen and oxygen atoms in total. The minimum Gasteiger partial charge on any atom is -0.759 e. The molecule has 0 heterocycles. The van der Waals surface area contributed by atoms with Crippen molar-refractivity contribution in [2.75, 3.05) is 0 Å². The molecule has 0 aliphatic heterocycles. The minimum atomic E-state index is -5.17. The first-order valence-electron chi connectivity index (χ1n) is 1.49. The topological polar surface area (TPSA) is 155 Å². The van der Waals surface area contributed by atoms with Crippen LogP contribution in [0.4, 0.5) is 0 Å². The van der Waals surface area contributed by atoms with Crippen molar-refractivity contribution in [1.82, 2.24) is 0 Å². The molecule has 1 radical (unpaired) electrons. The molecular formula is CH5N3O4S-. The molecule has 55 valence electrons. The summed E-state index contributed by atoms with van der Waals surface area (Å²) in [5.41, 5.74) is 8.94. The molecule has 0 saturated carbocycles. The van der Waals surface area contributed by atoms with Crippen LogP contribution in [0.25, 0.3) is 0 Å². The average molecular weight is 155 g/mol. The number of hydrogen-bond acceptors (Lipinski definition) is 5. The molecule has 0 unspecified atom stereocenters. The van der Waals surface area contributed by atoms with Gasteiger partial charge in [-0.05, 0) is 0 Å². The first-order chi connectivity index (χ1) is 3.73. The second-order valence-electron chi connectivity index (χ2n) is 0.864. The molecule has 0 amide bonds. The Morgan fingerprint density at radius 1 is 1.56 bits per heavy atom. The highest BCUT2D eigenvalue weighted by molar-refractivity contribution is 7.79. The summed E-state index contributed by atoms with van der Waals surface area (Å²) in [6.45, 7) is 0. The van der Waals surface area contributed by atoms with Gasteiger partial charge in [-0.25, -0.2) is 5.41 Å². The van der Waals surface area contributed by atoms with Crippen molar-refractivity contribution in [3.05, 3.63) is 0 Å². The van der Waals surface area contributed by atoms with E-state index in [-0.39, 0.29) is 5.96 Å². The Morgan fingerprint density at radius 3 is 1.56 bits per heavy atom. The summed E-state index contributed by atoms with van der Waals surface area (Å²) >= 11 is 0. The lowest BCUT2D eigenvalue weighted by molar-refractivity contribution is -0.219. The molecule has 0 atom stereocenters. The van der Waals surface area contributed by atoms with Gasteiger partial charge in [0.05, 0.1) is 0 Å². The number of hydrogen-bond donors (Lipinski definition) is 3. The zero-order valence-electron chi connectivity index (χ0n) is 4.20. The molecule has 0 aliphatic rings. The fourth-order valence-corrected chi connectivity index (χ4v) is 0. The fourth-order valence-electron chi connectivity index (χ4n) is 0. The van der Waals surface area contributed by atoms with E-state index in [1.54, 1.807) is 0 Å². The van der Waals surface area contributed by atoms with Crippen molar-refractivity contribution in [2.24, 2.45) is 5.73 Å². The van der Waals surface area contributed by atoms with Gasteiger partial charge in [0.1, 0.15) is 0 Å². The lowest BCUT2D eigenvalue weighted by atomic mass is 11.1. The molecule has 0 aromatic rings. The molecule has 0 spiro atoms. The van der Waals surface area contributed by atoms with Crippen LogP contribution in [0.2, 0.25) is 0 Å². The SMILES string of the molecule is N=C(N)[NH2+].O=S(=O)([O-])[O-]. The van der Waals surface area contributed by atoms with Crippen LogP contribution in [0.5, 0.6) is 0 Å². The molecule has 8 heteroatoms. The number of nitrogens with one attached hydrogen (secondary N) is 1. The maximum absolute atomic E-state index is 8.52. The van der Waals surface area contributed by atoms with Gasteiger partial charge in [-0.3, -0.25) is 8.42 Å². The summed E-state index contributed by atoms with van der Waals surface area (Å²) in [6.07, 6.45) is 0. The van der Waals surface area contributed by atoms with E-state index in [1.165, 1.54) is 0 Å². The van der Waals surface area contributed by atoms with Gasteiger partial charge in [-0.1, -0.05) is 0 Å². The Kier molecular flexibility index (Phi) is 5.21.